The van der Waals surface area contributed by atoms with Crippen LogP contribution in [0.3, 0.4) is 0 Å². The van der Waals surface area contributed by atoms with Gasteiger partial charge in [0.1, 0.15) is 11.6 Å². The Morgan fingerprint density at radius 1 is 1.43 bits per heavy atom. The first-order valence-corrected chi connectivity index (χ1v) is 6.03. The van der Waals surface area contributed by atoms with Crippen molar-refractivity contribution in [2.24, 2.45) is 0 Å². The Morgan fingerprint density at radius 2 is 2.29 bits per heavy atom. The summed E-state index contributed by atoms with van der Waals surface area (Å²) in [6.07, 6.45) is 3.80. The molecule has 0 spiro atoms. The quantitative estimate of drug-likeness (QED) is 0.771. The number of nitrogens with two attached hydrogens (primary N) is 1. The molecule has 0 radical (unpaired) electrons. The lowest BCUT2D eigenvalue weighted by Crippen LogP contribution is -2.08. The van der Waals surface area contributed by atoms with Crippen molar-refractivity contribution in [3.05, 3.63) is 17.6 Å². The summed E-state index contributed by atoms with van der Waals surface area (Å²) < 4.78 is 0. The van der Waals surface area contributed by atoms with Crippen molar-refractivity contribution in [3.8, 4) is 0 Å². The Balaban J connectivity index is 2.21. The Kier molecular flexibility index (Phi) is 2.91. The zero-order valence-corrected chi connectivity index (χ0v) is 9.18. The number of aryl methyl sites for hydroxylation is 1. The smallest absolute Gasteiger partial charge is 0.143 e. The first-order valence-electron chi connectivity index (χ1n) is 4.98. The van der Waals surface area contributed by atoms with E-state index in [0.29, 0.717) is 11.1 Å². The van der Waals surface area contributed by atoms with Gasteiger partial charge in [0, 0.05) is 11.8 Å². The van der Waals surface area contributed by atoms with Gasteiger partial charge in [0.25, 0.3) is 0 Å². The molecule has 2 N–H and O–H groups in total. The fraction of sp³-hybridized carbons (Fsp3) is 0.600. The monoisotopic (exact) mass is 209 g/mol. The number of nitrogen functional groups attached to an aromatic ring is 1. The van der Waals surface area contributed by atoms with Crippen LogP contribution >= 0.6 is 11.8 Å². The molecule has 0 saturated carbocycles. The summed E-state index contributed by atoms with van der Waals surface area (Å²) in [5, 5.41) is 0.464. The SMILES string of the molecule is Cc1cc(N)nc(C2CCCCS2)n1. The van der Waals surface area contributed by atoms with Crippen molar-refractivity contribution in [1.29, 1.82) is 0 Å². The molecule has 1 aliphatic heterocycles. The molecular weight excluding hydrogens is 194 g/mol. The maximum atomic E-state index is 5.71. The highest BCUT2D eigenvalue weighted by atomic mass is 32.2. The molecule has 1 saturated heterocycles. The van der Waals surface area contributed by atoms with Crippen molar-refractivity contribution in [1.82, 2.24) is 9.97 Å². The molecule has 76 valence electrons. The molecule has 1 unspecified atom stereocenters. The molecule has 14 heavy (non-hydrogen) atoms. The van der Waals surface area contributed by atoms with Gasteiger partial charge in [-0.25, -0.2) is 9.97 Å². The van der Waals surface area contributed by atoms with Crippen molar-refractivity contribution >= 4 is 17.6 Å². The van der Waals surface area contributed by atoms with E-state index in [1.807, 2.05) is 24.8 Å². The molecule has 4 heteroatoms. The van der Waals surface area contributed by atoms with Gasteiger partial charge >= 0.3 is 0 Å². The second-order valence-electron chi connectivity index (χ2n) is 3.65. The van der Waals surface area contributed by atoms with Gasteiger partial charge in [-0.2, -0.15) is 11.8 Å². The van der Waals surface area contributed by atoms with E-state index in [-0.39, 0.29) is 0 Å². The van der Waals surface area contributed by atoms with Gasteiger partial charge in [-0.1, -0.05) is 6.42 Å². The number of nitrogens with zero attached hydrogens (tertiary/aromatic N) is 2. The minimum atomic E-state index is 0.464. The first-order chi connectivity index (χ1) is 6.75. The van der Waals surface area contributed by atoms with Crippen LogP contribution in [-0.2, 0) is 0 Å². The fourth-order valence-corrected chi connectivity index (χ4v) is 2.95. The average molecular weight is 209 g/mol. The fourth-order valence-electron chi connectivity index (χ4n) is 1.70. The Hall–Kier alpha value is -0.770. The van der Waals surface area contributed by atoms with Crippen LogP contribution in [0.1, 0.15) is 36.0 Å². The summed E-state index contributed by atoms with van der Waals surface area (Å²) in [4.78, 5) is 8.75. The van der Waals surface area contributed by atoms with Crippen LogP contribution in [0.5, 0.6) is 0 Å². The van der Waals surface area contributed by atoms with Gasteiger partial charge in [-0.05, 0) is 25.5 Å². The summed E-state index contributed by atoms with van der Waals surface area (Å²) in [5.41, 5.74) is 6.68. The first kappa shape index (κ1) is 9.77. The van der Waals surface area contributed by atoms with Gasteiger partial charge in [0.05, 0.1) is 5.25 Å². The molecule has 1 aromatic heterocycles. The molecule has 1 atom stereocenters. The number of anilines is 1. The minimum absolute atomic E-state index is 0.464. The van der Waals surface area contributed by atoms with E-state index in [4.69, 9.17) is 5.73 Å². The lowest BCUT2D eigenvalue weighted by atomic mass is 10.2. The van der Waals surface area contributed by atoms with Crippen LogP contribution in [-0.4, -0.2) is 15.7 Å². The number of thioether (sulfide) groups is 1. The van der Waals surface area contributed by atoms with Crippen molar-refractivity contribution in [2.45, 2.75) is 31.4 Å². The Bertz CT molecular complexity index is 301. The largest absolute Gasteiger partial charge is 0.384 e. The van der Waals surface area contributed by atoms with Crippen LogP contribution in [0.2, 0.25) is 0 Å². The lowest BCUT2D eigenvalue weighted by molar-refractivity contribution is 0.661. The zero-order chi connectivity index (χ0) is 9.97. The second kappa shape index (κ2) is 4.17. The molecule has 1 aromatic rings. The van der Waals surface area contributed by atoms with Crippen LogP contribution in [0, 0.1) is 6.92 Å². The zero-order valence-electron chi connectivity index (χ0n) is 8.36. The maximum absolute atomic E-state index is 5.71. The summed E-state index contributed by atoms with van der Waals surface area (Å²) in [5.74, 6) is 2.74. The van der Waals surface area contributed by atoms with E-state index in [0.717, 1.165) is 11.5 Å². The molecule has 0 aliphatic carbocycles. The van der Waals surface area contributed by atoms with Crippen LogP contribution in [0.25, 0.3) is 0 Å². The summed E-state index contributed by atoms with van der Waals surface area (Å²) in [7, 11) is 0. The molecule has 0 amide bonds. The van der Waals surface area contributed by atoms with E-state index in [9.17, 15) is 0 Å². The van der Waals surface area contributed by atoms with Crippen LogP contribution in [0.4, 0.5) is 5.82 Å². The minimum Gasteiger partial charge on any atom is -0.384 e. The average Bonchev–Trinajstić information content (AvgIpc) is 2.18. The predicted molar refractivity (Wildman–Crippen MR) is 60.2 cm³/mol. The van der Waals surface area contributed by atoms with Crippen molar-refractivity contribution in [2.75, 3.05) is 11.5 Å². The number of rotatable bonds is 1. The molecule has 0 aromatic carbocycles. The van der Waals surface area contributed by atoms with Gasteiger partial charge < -0.3 is 5.73 Å². The lowest BCUT2D eigenvalue weighted by Gasteiger charge is -2.20. The maximum Gasteiger partial charge on any atom is 0.143 e. The summed E-state index contributed by atoms with van der Waals surface area (Å²) in [6, 6.07) is 1.82. The van der Waals surface area contributed by atoms with Gasteiger partial charge in [0.15, 0.2) is 0 Å². The van der Waals surface area contributed by atoms with E-state index in [2.05, 4.69) is 9.97 Å². The van der Waals surface area contributed by atoms with E-state index in [1.165, 1.54) is 25.0 Å². The third-order valence-corrected chi connectivity index (χ3v) is 3.73. The molecule has 1 aliphatic rings. The van der Waals surface area contributed by atoms with E-state index in [1.54, 1.807) is 0 Å². The summed E-state index contributed by atoms with van der Waals surface area (Å²) in [6.45, 7) is 1.97. The number of aromatic nitrogens is 2. The van der Waals surface area contributed by atoms with Gasteiger partial charge in [-0.3, -0.25) is 0 Å². The second-order valence-corrected chi connectivity index (χ2v) is 4.96. The highest BCUT2D eigenvalue weighted by molar-refractivity contribution is 7.99. The molecule has 0 bridgehead atoms. The molecule has 2 heterocycles. The highest BCUT2D eigenvalue weighted by Crippen LogP contribution is 2.36. The normalized spacial score (nSPS) is 22.2. The predicted octanol–water partition coefficient (Wildman–Crippen LogP) is 2.33. The molecule has 1 fully saturated rings. The van der Waals surface area contributed by atoms with Crippen molar-refractivity contribution < 1.29 is 0 Å². The van der Waals surface area contributed by atoms with Crippen molar-refractivity contribution in [3.63, 3.8) is 0 Å². The molecular formula is C10H15N3S. The van der Waals surface area contributed by atoms with Gasteiger partial charge in [-0.15, -0.1) is 0 Å². The Labute approximate surface area is 88.5 Å². The topological polar surface area (TPSA) is 51.8 Å². The standard InChI is InChI=1S/C10H15N3S/c1-7-6-9(11)13-10(12-7)8-4-2-3-5-14-8/h6,8H,2-5H2,1H3,(H2,11,12,13). The third-order valence-electron chi connectivity index (χ3n) is 2.36. The van der Waals surface area contributed by atoms with Crippen LogP contribution in [0.15, 0.2) is 6.07 Å². The molecule has 3 nitrogen and oxygen atoms in total. The third kappa shape index (κ3) is 2.18. The number of hydrogen-bond donors (Lipinski definition) is 1. The number of hydrogen-bond acceptors (Lipinski definition) is 4. The van der Waals surface area contributed by atoms with E-state index < -0.39 is 0 Å². The van der Waals surface area contributed by atoms with Crippen LogP contribution < -0.4 is 5.73 Å². The van der Waals surface area contributed by atoms with E-state index >= 15 is 0 Å². The molecule has 2 rings (SSSR count). The Morgan fingerprint density at radius 3 is 2.93 bits per heavy atom. The van der Waals surface area contributed by atoms with Gasteiger partial charge in [0.2, 0.25) is 0 Å². The summed E-state index contributed by atoms with van der Waals surface area (Å²) >= 11 is 1.95. The highest BCUT2D eigenvalue weighted by Gasteiger charge is 2.18.